The molecule has 2 heterocycles. The number of nitrogens with two attached hydrogens (primary N) is 1. The summed E-state index contributed by atoms with van der Waals surface area (Å²) in [4.78, 5) is 11.4. The van der Waals surface area contributed by atoms with Crippen LogP contribution in [0.15, 0.2) is 23.6 Å². The third kappa shape index (κ3) is 3.01. The molecule has 0 spiro atoms. The fraction of sp³-hybridized carbons (Fsp3) is 0.278. The van der Waals surface area contributed by atoms with Crippen LogP contribution in [0.25, 0.3) is 0 Å². The molecule has 1 aromatic carbocycles. The number of allylic oxidation sites excluding steroid dienone is 1. The van der Waals surface area contributed by atoms with Crippen LogP contribution >= 0.6 is 0 Å². The van der Waals surface area contributed by atoms with Crippen LogP contribution in [0.5, 0.6) is 23.1 Å². The number of ether oxygens (including phenoxy) is 4. The molecule has 1 aliphatic rings. The van der Waals surface area contributed by atoms with E-state index in [4.69, 9.17) is 24.7 Å². The van der Waals surface area contributed by atoms with E-state index in [9.17, 15) is 10.1 Å². The van der Waals surface area contributed by atoms with Crippen molar-refractivity contribution in [2.75, 3.05) is 14.2 Å². The number of hydrogen-bond acceptors (Lipinski definition) is 8. The van der Waals surface area contributed by atoms with Crippen molar-refractivity contribution in [3.63, 3.8) is 0 Å². The van der Waals surface area contributed by atoms with Crippen LogP contribution in [-0.4, -0.2) is 30.4 Å². The first kappa shape index (κ1) is 18.1. The molecular weight excluding hydrogens is 352 g/mol. The molecule has 27 heavy (non-hydrogen) atoms. The second kappa shape index (κ2) is 6.92. The van der Waals surface area contributed by atoms with Gasteiger partial charge in [0.2, 0.25) is 17.5 Å². The summed E-state index contributed by atoms with van der Waals surface area (Å²) in [5.74, 6) is -0.0662. The minimum absolute atomic E-state index is 0.0245. The molecule has 0 saturated carbocycles. The van der Waals surface area contributed by atoms with Crippen LogP contribution < -0.4 is 24.7 Å². The Balaban J connectivity index is 2.25. The van der Waals surface area contributed by atoms with Gasteiger partial charge in [-0.05, 0) is 24.6 Å². The van der Waals surface area contributed by atoms with Gasteiger partial charge in [-0.25, -0.2) is 0 Å². The van der Waals surface area contributed by atoms with E-state index in [1.165, 1.54) is 21.1 Å². The van der Waals surface area contributed by atoms with Gasteiger partial charge in [0, 0.05) is 18.2 Å². The van der Waals surface area contributed by atoms with Crippen LogP contribution in [0.1, 0.15) is 29.7 Å². The highest BCUT2D eigenvalue weighted by Gasteiger charge is 2.35. The van der Waals surface area contributed by atoms with Crippen LogP contribution in [-0.2, 0) is 4.79 Å². The molecule has 0 radical (unpaired) electrons. The van der Waals surface area contributed by atoms with Gasteiger partial charge < -0.3 is 24.7 Å². The van der Waals surface area contributed by atoms with Gasteiger partial charge >= 0.3 is 5.97 Å². The number of aryl methyl sites for hydroxylation is 1. The van der Waals surface area contributed by atoms with Gasteiger partial charge in [-0.1, -0.05) is 0 Å². The molecule has 9 nitrogen and oxygen atoms in total. The lowest BCUT2D eigenvalue weighted by atomic mass is 9.84. The highest BCUT2D eigenvalue weighted by molar-refractivity contribution is 5.73. The summed E-state index contributed by atoms with van der Waals surface area (Å²) in [5, 5.41) is 16.6. The van der Waals surface area contributed by atoms with E-state index in [0.717, 1.165) is 5.69 Å². The number of benzene rings is 1. The Bertz CT molecular complexity index is 961. The van der Waals surface area contributed by atoms with E-state index in [1.54, 1.807) is 12.1 Å². The molecule has 0 saturated heterocycles. The number of rotatable bonds is 4. The fourth-order valence-corrected chi connectivity index (χ4v) is 3.04. The van der Waals surface area contributed by atoms with Crippen LogP contribution in [0.3, 0.4) is 0 Å². The first-order valence-corrected chi connectivity index (χ1v) is 7.98. The number of carbonyl (C=O) groups excluding carboxylic acids is 1. The summed E-state index contributed by atoms with van der Waals surface area (Å²) in [7, 11) is 2.89. The molecule has 0 amide bonds. The maximum absolute atomic E-state index is 11.4. The SMILES string of the molecule is COc1cc(C2C(C#N)=C(N)Oc3n[nH]c(C)c32)cc(OC)c1OC(C)=O. The van der Waals surface area contributed by atoms with E-state index in [1.807, 2.05) is 6.92 Å². The molecule has 3 rings (SSSR count). The Morgan fingerprint density at radius 2 is 1.96 bits per heavy atom. The average Bonchev–Trinajstić information content (AvgIpc) is 3.00. The van der Waals surface area contributed by atoms with Crippen LogP contribution in [0.2, 0.25) is 0 Å². The van der Waals surface area contributed by atoms with Crippen molar-refractivity contribution in [2.24, 2.45) is 5.73 Å². The zero-order chi connectivity index (χ0) is 19.7. The Morgan fingerprint density at radius 3 is 2.48 bits per heavy atom. The Morgan fingerprint density at radius 1 is 1.33 bits per heavy atom. The van der Waals surface area contributed by atoms with Gasteiger partial charge in [0.05, 0.1) is 20.1 Å². The van der Waals surface area contributed by atoms with Crippen LogP contribution in [0, 0.1) is 18.3 Å². The van der Waals surface area contributed by atoms with Gasteiger partial charge in [0.25, 0.3) is 0 Å². The monoisotopic (exact) mass is 370 g/mol. The van der Waals surface area contributed by atoms with Crippen molar-refractivity contribution in [3.8, 4) is 29.2 Å². The second-order valence-electron chi connectivity index (χ2n) is 5.84. The van der Waals surface area contributed by atoms with Crippen LogP contribution in [0.4, 0.5) is 0 Å². The second-order valence-corrected chi connectivity index (χ2v) is 5.84. The molecule has 0 aliphatic carbocycles. The number of H-pyrrole nitrogens is 1. The first-order valence-electron chi connectivity index (χ1n) is 7.98. The molecular formula is C18H18N4O5. The highest BCUT2D eigenvalue weighted by atomic mass is 16.6. The number of esters is 1. The molecule has 140 valence electrons. The Labute approximate surface area is 155 Å². The maximum Gasteiger partial charge on any atom is 0.308 e. The maximum atomic E-state index is 11.4. The summed E-state index contributed by atoms with van der Waals surface area (Å²) in [6.07, 6.45) is 0. The van der Waals surface area contributed by atoms with E-state index in [0.29, 0.717) is 17.0 Å². The first-order chi connectivity index (χ1) is 12.9. The van der Waals surface area contributed by atoms with Gasteiger partial charge in [0.15, 0.2) is 11.5 Å². The topological polar surface area (TPSA) is 132 Å². The molecule has 1 aliphatic heterocycles. The highest BCUT2D eigenvalue weighted by Crippen LogP contribution is 2.47. The summed E-state index contributed by atoms with van der Waals surface area (Å²) in [6.45, 7) is 3.10. The number of nitriles is 1. The smallest absolute Gasteiger partial charge is 0.308 e. The standard InChI is InChI=1S/C18H18N4O5/c1-8-14-15(11(7-19)17(20)27-18(14)22-21-8)10-5-12(24-3)16(26-9(2)23)13(6-10)25-4/h5-6,15H,20H2,1-4H3,(H,21,22). The Kier molecular flexibility index (Phi) is 4.64. The van der Waals surface area contributed by atoms with E-state index in [-0.39, 0.29) is 28.7 Å². The van der Waals surface area contributed by atoms with E-state index in [2.05, 4.69) is 16.3 Å². The van der Waals surface area contributed by atoms with E-state index >= 15 is 0 Å². The number of carbonyl (C=O) groups is 1. The van der Waals surface area contributed by atoms with Gasteiger partial charge in [-0.15, -0.1) is 5.10 Å². The number of fused-ring (bicyclic) bond motifs is 1. The normalized spacial score (nSPS) is 15.4. The number of aromatic amines is 1. The number of methoxy groups -OCH3 is 2. The molecule has 3 N–H and O–H groups in total. The minimum Gasteiger partial charge on any atom is -0.493 e. The third-order valence-corrected chi connectivity index (χ3v) is 4.19. The molecule has 0 bridgehead atoms. The zero-order valence-corrected chi connectivity index (χ0v) is 15.2. The lowest BCUT2D eigenvalue weighted by Gasteiger charge is -2.25. The summed E-state index contributed by atoms with van der Waals surface area (Å²) >= 11 is 0. The molecule has 1 unspecified atom stereocenters. The molecule has 9 heteroatoms. The van der Waals surface area contributed by atoms with Crippen molar-refractivity contribution in [1.82, 2.24) is 10.2 Å². The van der Waals surface area contributed by atoms with Crippen molar-refractivity contribution < 1.29 is 23.7 Å². The predicted octanol–water partition coefficient (Wildman–Crippen LogP) is 1.88. The van der Waals surface area contributed by atoms with Crippen molar-refractivity contribution in [3.05, 3.63) is 40.4 Å². The number of hydrogen-bond donors (Lipinski definition) is 2. The number of aromatic nitrogens is 2. The molecule has 1 aromatic heterocycles. The number of nitrogens with zero attached hydrogens (tertiary/aromatic N) is 2. The average molecular weight is 370 g/mol. The Hall–Kier alpha value is -3.67. The predicted molar refractivity (Wildman–Crippen MR) is 93.5 cm³/mol. The lowest BCUT2D eigenvalue weighted by molar-refractivity contribution is -0.132. The molecule has 2 aromatic rings. The molecule has 1 atom stereocenters. The summed E-state index contributed by atoms with van der Waals surface area (Å²) in [6, 6.07) is 5.43. The summed E-state index contributed by atoms with van der Waals surface area (Å²) < 4.78 is 21.4. The van der Waals surface area contributed by atoms with Gasteiger partial charge in [-0.3, -0.25) is 9.89 Å². The number of nitrogens with one attached hydrogen (secondary N) is 1. The quantitative estimate of drug-likeness (QED) is 0.616. The van der Waals surface area contributed by atoms with E-state index < -0.39 is 11.9 Å². The molecule has 0 fully saturated rings. The van der Waals surface area contributed by atoms with Crippen molar-refractivity contribution in [1.29, 1.82) is 5.26 Å². The lowest BCUT2D eigenvalue weighted by Crippen LogP contribution is -2.21. The zero-order valence-electron chi connectivity index (χ0n) is 15.2. The third-order valence-electron chi connectivity index (χ3n) is 4.19. The minimum atomic E-state index is -0.549. The van der Waals surface area contributed by atoms with Crippen molar-refractivity contribution >= 4 is 5.97 Å². The fourth-order valence-electron chi connectivity index (χ4n) is 3.04. The van der Waals surface area contributed by atoms with Crippen molar-refractivity contribution in [2.45, 2.75) is 19.8 Å². The largest absolute Gasteiger partial charge is 0.493 e. The van der Waals surface area contributed by atoms with Gasteiger partial charge in [-0.2, -0.15) is 5.26 Å². The summed E-state index contributed by atoms with van der Waals surface area (Å²) in [5.41, 5.74) is 8.23. The van der Waals surface area contributed by atoms with Gasteiger partial charge in [0.1, 0.15) is 11.6 Å².